The topological polar surface area (TPSA) is 50.9 Å². The van der Waals surface area contributed by atoms with Crippen LogP contribution in [0.25, 0.3) is 72.4 Å². The number of benzene rings is 6. The third-order valence-corrected chi connectivity index (χ3v) is 11.0. The predicted molar refractivity (Wildman–Crippen MR) is 235 cm³/mol. The van der Waals surface area contributed by atoms with Crippen molar-refractivity contribution in [1.29, 1.82) is 0 Å². The number of phenolic OH excluding ortho intramolecular Hbond substituents is 1. The molecule has 5 heteroatoms. The van der Waals surface area contributed by atoms with Crippen molar-refractivity contribution < 1.29 is 26.2 Å². The maximum absolute atomic E-state index is 11.3. The van der Waals surface area contributed by atoms with Gasteiger partial charge in [0.2, 0.25) is 0 Å². The fourth-order valence-corrected chi connectivity index (χ4v) is 7.61. The van der Waals surface area contributed by atoms with Gasteiger partial charge in [-0.1, -0.05) is 140 Å². The van der Waals surface area contributed by atoms with Gasteiger partial charge in [-0.15, -0.1) is 29.8 Å². The normalized spacial score (nSPS) is 12.2. The largest absolute Gasteiger partial charge is 0.507 e. The second-order valence-electron chi connectivity index (χ2n) is 18.1. The molecular formula is C52H50N3OPt-. The number of nitrogens with zero attached hydrogens (tertiary/aromatic N) is 3. The van der Waals surface area contributed by atoms with E-state index in [0.717, 1.165) is 78.0 Å². The van der Waals surface area contributed by atoms with Gasteiger partial charge >= 0.3 is 0 Å². The van der Waals surface area contributed by atoms with E-state index in [9.17, 15) is 5.11 Å². The average molecular weight is 928 g/mol. The van der Waals surface area contributed by atoms with E-state index in [-0.39, 0.29) is 43.1 Å². The SMILES string of the molecule is CC(C)(C)c1ccc(-n2c(-c3[c-]c(-c4cc(C(C)(C)C)cc5c(-c6ccccc6)ccnc45)ccc3)nc3c(-c4cc(C(C)(C)C)ccc4O)cccc32)cc1.[Pt]. The van der Waals surface area contributed by atoms with E-state index in [1.54, 1.807) is 0 Å². The van der Waals surface area contributed by atoms with E-state index >= 15 is 0 Å². The van der Waals surface area contributed by atoms with Crippen molar-refractivity contribution in [3.63, 3.8) is 0 Å². The number of fused-ring (bicyclic) bond motifs is 2. The number of pyridine rings is 1. The van der Waals surface area contributed by atoms with Crippen LogP contribution >= 0.6 is 0 Å². The summed E-state index contributed by atoms with van der Waals surface area (Å²) in [5.74, 6) is 1.01. The molecule has 0 bridgehead atoms. The minimum atomic E-state index is -0.0935. The standard InChI is InChI=1S/C52H50N3O.Pt/c1-50(2,3)36-21-24-39(25-22-36)55-45-20-14-19-41(43-30-37(51(4,5)6)23-26-46(43)56)48(45)54-49(55)35-18-13-17-34(29-35)42-31-38(52(7,8)9)32-44-40(27-28-53-47(42)44)33-15-11-10-12-16-33;/h10-28,30-32,56H,1-9H3;/q-1;. The molecule has 57 heavy (non-hydrogen) atoms. The van der Waals surface area contributed by atoms with E-state index in [0.29, 0.717) is 0 Å². The van der Waals surface area contributed by atoms with Crippen LogP contribution in [0.3, 0.4) is 0 Å². The van der Waals surface area contributed by atoms with E-state index in [1.807, 2.05) is 18.3 Å². The number of rotatable bonds is 5. The average Bonchev–Trinajstić information content (AvgIpc) is 3.57. The van der Waals surface area contributed by atoms with Gasteiger partial charge in [0.05, 0.1) is 16.9 Å². The molecule has 0 aliphatic heterocycles. The van der Waals surface area contributed by atoms with Crippen LogP contribution in [-0.4, -0.2) is 19.6 Å². The van der Waals surface area contributed by atoms with Crippen LogP contribution in [0.15, 0.2) is 134 Å². The molecule has 2 aromatic heterocycles. The second-order valence-corrected chi connectivity index (χ2v) is 18.1. The number of aromatic hydroxyl groups is 1. The number of imidazole rings is 1. The summed E-state index contributed by atoms with van der Waals surface area (Å²) in [4.78, 5) is 10.5. The fourth-order valence-electron chi connectivity index (χ4n) is 7.61. The molecule has 0 aliphatic rings. The molecule has 1 N–H and O–H groups in total. The fraction of sp³-hybridized carbons (Fsp3) is 0.231. The summed E-state index contributed by atoms with van der Waals surface area (Å²) in [5.41, 5.74) is 14.0. The first-order valence-corrected chi connectivity index (χ1v) is 19.6. The predicted octanol–water partition coefficient (Wildman–Crippen LogP) is 13.6. The molecule has 290 valence electrons. The number of para-hydroxylation sites is 1. The Morgan fingerprint density at radius 2 is 1.16 bits per heavy atom. The van der Waals surface area contributed by atoms with Crippen molar-refractivity contribution in [2.45, 2.75) is 78.6 Å². The Morgan fingerprint density at radius 1 is 0.526 bits per heavy atom. The Morgan fingerprint density at radius 3 is 1.84 bits per heavy atom. The minimum Gasteiger partial charge on any atom is -0.507 e. The zero-order valence-corrected chi connectivity index (χ0v) is 36.6. The van der Waals surface area contributed by atoms with Crippen LogP contribution in [-0.2, 0) is 37.3 Å². The number of aromatic nitrogens is 3. The van der Waals surface area contributed by atoms with Gasteiger partial charge in [-0.05, 0) is 86.5 Å². The molecular weight excluding hydrogens is 878 g/mol. The summed E-state index contributed by atoms with van der Waals surface area (Å²) in [6.45, 7) is 20.1. The first kappa shape index (κ1) is 39.9. The third kappa shape index (κ3) is 7.61. The van der Waals surface area contributed by atoms with Crippen LogP contribution in [0, 0.1) is 6.07 Å². The molecule has 0 fully saturated rings. The van der Waals surface area contributed by atoms with Gasteiger partial charge in [-0.25, -0.2) is 0 Å². The van der Waals surface area contributed by atoms with Gasteiger partial charge in [-0.2, -0.15) is 0 Å². The van der Waals surface area contributed by atoms with Crippen LogP contribution in [0.2, 0.25) is 0 Å². The van der Waals surface area contributed by atoms with Gasteiger partial charge in [0.25, 0.3) is 0 Å². The molecule has 0 amide bonds. The maximum atomic E-state index is 11.3. The van der Waals surface area contributed by atoms with E-state index in [4.69, 9.17) is 9.97 Å². The quantitative estimate of drug-likeness (QED) is 0.175. The molecule has 0 saturated carbocycles. The third-order valence-electron chi connectivity index (χ3n) is 11.0. The molecule has 0 unspecified atom stereocenters. The Hall–Kier alpha value is -5.31. The minimum absolute atomic E-state index is 0. The summed E-state index contributed by atoms with van der Waals surface area (Å²) in [6.07, 6.45) is 1.92. The molecule has 8 aromatic rings. The smallest absolute Gasteiger partial charge is 0.123 e. The Labute approximate surface area is 352 Å². The van der Waals surface area contributed by atoms with Crippen molar-refractivity contribution >= 4 is 21.9 Å². The van der Waals surface area contributed by atoms with Crippen LogP contribution in [0.4, 0.5) is 0 Å². The summed E-state index contributed by atoms with van der Waals surface area (Å²) >= 11 is 0. The summed E-state index contributed by atoms with van der Waals surface area (Å²) in [7, 11) is 0. The van der Waals surface area contributed by atoms with Gasteiger partial charge < -0.3 is 9.67 Å². The van der Waals surface area contributed by atoms with Gasteiger partial charge in [-0.3, -0.25) is 9.97 Å². The molecule has 8 rings (SSSR count). The first-order chi connectivity index (χ1) is 26.6. The van der Waals surface area contributed by atoms with Crippen LogP contribution < -0.4 is 0 Å². The van der Waals surface area contributed by atoms with E-state index in [2.05, 4.69) is 188 Å². The van der Waals surface area contributed by atoms with Gasteiger partial charge in [0.1, 0.15) is 5.75 Å². The second kappa shape index (κ2) is 14.9. The van der Waals surface area contributed by atoms with E-state index in [1.165, 1.54) is 11.1 Å². The first-order valence-electron chi connectivity index (χ1n) is 19.6. The van der Waals surface area contributed by atoms with Crippen LogP contribution in [0.5, 0.6) is 5.75 Å². The summed E-state index contributed by atoms with van der Waals surface area (Å²) in [6, 6.07) is 48.4. The van der Waals surface area contributed by atoms with Crippen molar-refractivity contribution in [1.82, 2.24) is 14.5 Å². The molecule has 0 saturated heterocycles. The molecule has 6 aromatic carbocycles. The molecule has 4 nitrogen and oxygen atoms in total. The summed E-state index contributed by atoms with van der Waals surface area (Å²) in [5, 5.41) is 12.4. The molecule has 0 radical (unpaired) electrons. The summed E-state index contributed by atoms with van der Waals surface area (Å²) < 4.78 is 2.24. The number of hydrogen-bond acceptors (Lipinski definition) is 3. The zero-order valence-electron chi connectivity index (χ0n) is 34.3. The van der Waals surface area contributed by atoms with Gasteiger partial charge in [0, 0.05) is 55.0 Å². The van der Waals surface area contributed by atoms with Crippen molar-refractivity contribution in [3.8, 4) is 56.2 Å². The number of hydrogen-bond donors (Lipinski definition) is 1. The Bertz CT molecular complexity index is 2740. The van der Waals surface area contributed by atoms with Crippen molar-refractivity contribution in [2.75, 3.05) is 0 Å². The molecule has 0 spiro atoms. The van der Waals surface area contributed by atoms with Crippen molar-refractivity contribution in [2.24, 2.45) is 0 Å². The molecule has 2 heterocycles. The monoisotopic (exact) mass is 927 g/mol. The molecule has 0 aliphatic carbocycles. The van der Waals surface area contributed by atoms with Crippen LogP contribution in [0.1, 0.15) is 79.0 Å². The Kier molecular flexibility index (Phi) is 10.4. The zero-order chi connectivity index (χ0) is 39.6. The molecule has 0 atom stereocenters. The van der Waals surface area contributed by atoms with E-state index < -0.39 is 0 Å². The van der Waals surface area contributed by atoms with Crippen molar-refractivity contribution in [3.05, 3.63) is 156 Å². The maximum Gasteiger partial charge on any atom is 0.123 e. The Balaban J connectivity index is 0.00000496. The van der Waals surface area contributed by atoms with Gasteiger partial charge in [0.15, 0.2) is 0 Å². The number of phenols is 1.